The third-order valence-electron chi connectivity index (χ3n) is 3.58. The smallest absolute Gasteiger partial charge is 0.326 e. The fourth-order valence-electron chi connectivity index (χ4n) is 2.37. The molecule has 6 nitrogen and oxygen atoms in total. The first kappa shape index (κ1) is 14.8. The zero-order valence-electron chi connectivity index (χ0n) is 11.4. The summed E-state index contributed by atoms with van der Waals surface area (Å²) in [6.45, 7) is 4.32. The van der Waals surface area contributed by atoms with Crippen LogP contribution < -0.4 is 0 Å². The highest BCUT2D eigenvalue weighted by Crippen LogP contribution is 2.20. The molecule has 0 aromatic rings. The minimum Gasteiger partial charge on any atom is -0.480 e. The lowest BCUT2D eigenvalue weighted by atomic mass is 10.1. The van der Waals surface area contributed by atoms with Gasteiger partial charge >= 0.3 is 12.0 Å². The Morgan fingerprint density at radius 1 is 1.44 bits per heavy atom. The van der Waals surface area contributed by atoms with Crippen LogP contribution in [-0.4, -0.2) is 65.8 Å². The maximum absolute atomic E-state index is 12.2. The van der Waals surface area contributed by atoms with Gasteiger partial charge in [0.2, 0.25) is 0 Å². The highest BCUT2D eigenvalue weighted by Gasteiger charge is 2.34. The molecule has 1 fully saturated rings. The molecular weight excluding hydrogens is 236 g/mol. The van der Waals surface area contributed by atoms with Crippen molar-refractivity contribution >= 4 is 12.0 Å². The Morgan fingerprint density at radius 3 is 2.44 bits per heavy atom. The summed E-state index contributed by atoms with van der Waals surface area (Å²) in [5.74, 6) is -0.975. The Kier molecular flexibility index (Phi) is 4.95. The maximum atomic E-state index is 12.2. The van der Waals surface area contributed by atoms with Crippen molar-refractivity contribution in [1.29, 1.82) is 0 Å². The minimum absolute atomic E-state index is 0.00254. The number of aliphatic carboxylic acids is 1. The van der Waals surface area contributed by atoms with Gasteiger partial charge in [0, 0.05) is 20.7 Å². The van der Waals surface area contributed by atoms with E-state index in [2.05, 4.69) is 0 Å². The van der Waals surface area contributed by atoms with Crippen LogP contribution in [0.5, 0.6) is 0 Å². The molecule has 0 spiro atoms. The second kappa shape index (κ2) is 6.04. The van der Waals surface area contributed by atoms with Crippen molar-refractivity contribution in [3.05, 3.63) is 0 Å². The van der Waals surface area contributed by atoms with Crippen LogP contribution in [0, 0.1) is 0 Å². The van der Waals surface area contributed by atoms with Crippen LogP contribution >= 0.6 is 0 Å². The lowest BCUT2D eigenvalue weighted by molar-refractivity contribution is -0.142. The molecule has 1 heterocycles. The molecule has 18 heavy (non-hydrogen) atoms. The molecule has 1 rings (SSSR count). The summed E-state index contributed by atoms with van der Waals surface area (Å²) in [6, 6.07) is -1.03. The number of urea groups is 1. The van der Waals surface area contributed by atoms with Crippen molar-refractivity contribution in [2.24, 2.45) is 0 Å². The molecule has 0 aromatic heterocycles. The maximum Gasteiger partial charge on any atom is 0.326 e. The van der Waals surface area contributed by atoms with Crippen LogP contribution in [-0.2, 0) is 9.53 Å². The molecule has 2 amide bonds. The third-order valence-corrected chi connectivity index (χ3v) is 3.58. The van der Waals surface area contributed by atoms with E-state index in [1.165, 1.54) is 11.9 Å². The molecule has 1 saturated heterocycles. The predicted molar refractivity (Wildman–Crippen MR) is 66.5 cm³/mol. The summed E-state index contributed by atoms with van der Waals surface area (Å²) in [5, 5.41) is 9.05. The lowest BCUT2D eigenvalue weighted by Gasteiger charge is -2.33. The molecule has 3 unspecified atom stereocenters. The number of carboxylic acids is 1. The zero-order chi connectivity index (χ0) is 13.9. The van der Waals surface area contributed by atoms with Crippen molar-refractivity contribution in [2.75, 3.05) is 20.7 Å². The summed E-state index contributed by atoms with van der Waals surface area (Å²) in [5.41, 5.74) is 0. The molecule has 0 saturated carbocycles. The predicted octanol–water partition coefficient (Wildman–Crippen LogP) is 1.01. The van der Waals surface area contributed by atoms with Crippen LogP contribution in [0.2, 0.25) is 0 Å². The van der Waals surface area contributed by atoms with E-state index in [0.29, 0.717) is 13.0 Å². The topological polar surface area (TPSA) is 70.1 Å². The first-order valence-corrected chi connectivity index (χ1v) is 6.24. The Morgan fingerprint density at radius 2 is 2.06 bits per heavy atom. The molecule has 0 radical (unpaired) electrons. The van der Waals surface area contributed by atoms with Crippen LogP contribution in [0.15, 0.2) is 0 Å². The standard InChI is InChI=1S/C12H22N2O4/c1-5-9(11(15)16)13(3)12(17)14(4)10-6-7-18-8(10)2/h8-10H,5-7H2,1-4H3,(H,15,16). The van der Waals surface area contributed by atoms with E-state index in [9.17, 15) is 9.59 Å². The molecule has 0 aromatic carbocycles. The summed E-state index contributed by atoms with van der Waals surface area (Å²) in [7, 11) is 3.23. The van der Waals surface area contributed by atoms with Gasteiger partial charge in [0.1, 0.15) is 6.04 Å². The zero-order valence-corrected chi connectivity index (χ0v) is 11.4. The Bertz CT molecular complexity index is 321. The monoisotopic (exact) mass is 258 g/mol. The fourth-order valence-corrected chi connectivity index (χ4v) is 2.37. The van der Waals surface area contributed by atoms with Gasteiger partial charge in [-0.15, -0.1) is 0 Å². The highest BCUT2D eigenvalue weighted by atomic mass is 16.5. The van der Waals surface area contributed by atoms with Gasteiger partial charge in [-0.2, -0.15) is 0 Å². The molecule has 1 aliphatic heterocycles. The van der Waals surface area contributed by atoms with Gasteiger partial charge in [-0.3, -0.25) is 0 Å². The lowest BCUT2D eigenvalue weighted by Crippen LogP contribution is -2.51. The largest absolute Gasteiger partial charge is 0.480 e. The third kappa shape index (κ3) is 2.93. The minimum atomic E-state index is -0.975. The quantitative estimate of drug-likeness (QED) is 0.817. The van der Waals surface area contributed by atoms with Crippen molar-refractivity contribution in [3.63, 3.8) is 0 Å². The van der Waals surface area contributed by atoms with Crippen LogP contribution in [0.25, 0.3) is 0 Å². The number of hydrogen-bond acceptors (Lipinski definition) is 3. The normalized spacial score (nSPS) is 24.7. The number of hydrogen-bond donors (Lipinski definition) is 1. The first-order valence-electron chi connectivity index (χ1n) is 6.24. The number of carbonyl (C=O) groups excluding carboxylic acids is 1. The van der Waals surface area contributed by atoms with Gasteiger partial charge in [-0.25, -0.2) is 9.59 Å². The number of likely N-dealkylation sites (N-methyl/N-ethyl adjacent to an activating group) is 2. The van der Waals surface area contributed by atoms with Crippen LogP contribution in [0.3, 0.4) is 0 Å². The van der Waals surface area contributed by atoms with Crippen molar-refractivity contribution in [1.82, 2.24) is 9.80 Å². The van der Waals surface area contributed by atoms with E-state index in [1.54, 1.807) is 18.9 Å². The molecule has 0 aliphatic carbocycles. The molecule has 104 valence electrons. The van der Waals surface area contributed by atoms with Crippen LogP contribution in [0.1, 0.15) is 26.7 Å². The second-order valence-corrected chi connectivity index (χ2v) is 4.70. The van der Waals surface area contributed by atoms with Gasteiger partial charge in [0.05, 0.1) is 12.1 Å². The number of carbonyl (C=O) groups is 2. The highest BCUT2D eigenvalue weighted by molar-refractivity contribution is 5.82. The van der Waals surface area contributed by atoms with Crippen molar-refractivity contribution in [3.8, 4) is 0 Å². The summed E-state index contributed by atoms with van der Waals surface area (Å²) >= 11 is 0. The fraction of sp³-hybridized carbons (Fsp3) is 0.833. The van der Waals surface area contributed by atoms with E-state index in [0.717, 1.165) is 6.42 Å². The Balaban J connectivity index is 2.70. The van der Waals surface area contributed by atoms with Gasteiger partial charge in [0.15, 0.2) is 0 Å². The summed E-state index contributed by atoms with van der Waals surface area (Å²) in [6.07, 6.45) is 1.18. The first-order chi connectivity index (χ1) is 8.40. The Labute approximate surface area is 107 Å². The SMILES string of the molecule is CCC(C(=O)O)N(C)C(=O)N(C)C1CCOC1C. The van der Waals surface area contributed by atoms with E-state index >= 15 is 0 Å². The Hall–Kier alpha value is -1.30. The van der Waals surface area contributed by atoms with Crippen molar-refractivity contribution in [2.45, 2.75) is 44.9 Å². The molecule has 0 bridgehead atoms. The number of nitrogens with zero attached hydrogens (tertiary/aromatic N) is 2. The molecular formula is C12H22N2O4. The average molecular weight is 258 g/mol. The number of amides is 2. The number of rotatable bonds is 4. The van der Waals surface area contributed by atoms with E-state index < -0.39 is 12.0 Å². The molecule has 6 heteroatoms. The number of ether oxygens (including phenoxy) is 1. The molecule has 3 atom stereocenters. The van der Waals surface area contributed by atoms with Crippen molar-refractivity contribution < 1.29 is 19.4 Å². The van der Waals surface area contributed by atoms with Gasteiger partial charge in [-0.05, 0) is 19.8 Å². The molecule has 1 N–H and O–H groups in total. The van der Waals surface area contributed by atoms with Gasteiger partial charge < -0.3 is 19.6 Å². The molecule has 1 aliphatic rings. The van der Waals surface area contributed by atoms with Gasteiger partial charge in [0.25, 0.3) is 0 Å². The van der Waals surface area contributed by atoms with E-state index in [1.807, 2.05) is 6.92 Å². The van der Waals surface area contributed by atoms with Gasteiger partial charge in [-0.1, -0.05) is 6.92 Å². The second-order valence-electron chi connectivity index (χ2n) is 4.70. The summed E-state index contributed by atoms with van der Waals surface area (Å²) in [4.78, 5) is 26.1. The average Bonchev–Trinajstić information content (AvgIpc) is 2.73. The summed E-state index contributed by atoms with van der Waals surface area (Å²) < 4.78 is 5.42. The number of carboxylic acid groups (broad SMARTS) is 1. The van der Waals surface area contributed by atoms with E-state index in [4.69, 9.17) is 9.84 Å². The van der Waals surface area contributed by atoms with Crippen LogP contribution in [0.4, 0.5) is 4.79 Å². The van der Waals surface area contributed by atoms with E-state index in [-0.39, 0.29) is 18.2 Å².